The number of carbonyl (C=O) groups excluding carboxylic acids is 2. The first kappa shape index (κ1) is 18.6. The van der Waals surface area contributed by atoms with Crippen LogP contribution in [0.5, 0.6) is 0 Å². The van der Waals surface area contributed by atoms with E-state index in [9.17, 15) is 14.0 Å². The highest BCUT2D eigenvalue weighted by Gasteiger charge is 2.48. The highest BCUT2D eigenvalue weighted by Crippen LogP contribution is 2.32. The Kier molecular flexibility index (Phi) is 5.12. The largest absolute Gasteiger partial charge is 0.444 e. The minimum absolute atomic E-state index is 0.112. The molecule has 1 N–H and O–H groups in total. The Morgan fingerprint density at radius 3 is 2.71 bits per heavy atom. The minimum Gasteiger partial charge on any atom is -0.444 e. The third-order valence-electron chi connectivity index (χ3n) is 3.28. The molecule has 2 amide bonds. The van der Waals surface area contributed by atoms with Gasteiger partial charge in [-0.15, -0.1) is 0 Å². The van der Waals surface area contributed by atoms with Crippen LogP contribution >= 0.6 is 15.9 Å². The maximum atomic E-state index is 14.4. The van der Waals surface area contributed by atoms with Crippen molar-refractivity contribution in [2.45, 2.75) is 51.4 Å². The topological polar surface area (TPSA) is 84.4 Å². The Morgan fingerprint density at radius 2 is 2.12 bits per heavy atom. The normalized spacial score (nSPS) is 23.9. The van der Waals surface area contributed by atoms with Gasteiger partial charge in [-0.2, -0.15) is 0 Å². The zero-order chi connectivity index (χ0) is 18.1. The van der Waals surface area contributed by atoms with Crippen molar-refractivity contribution in [1.82, 2.24) is 14.9 Å². The van der Waals surface area contributed by atoms with E-state index in [-0.39, 0.29) is 18.8 Å². The summed E-state index contributed by atoms with van der Waals surface area (Å²) < 4.78 is 20.1. The van der Waals surface area contributed by atoms with Crippen LogP contribution in [-0.4, -0.2) is 50.7 Å². The Hall–Kier alpha value is -1.77. The van der Waals surface area contributed by atoms with E-state index in [1.807, 2.05) is 0 Å². The first-order valence-electron chi connectivity index (χ1n) is 7.44. The van der Waals surface area contributed by atoms with Crippen LogP contribution in [0.25, 0.3) is 0 Å². The SMILES string of the molecule is CC(C)(C)OC(=O)N1C[C@](C)(F)C[C@H]1C(=O)Nc1cncc(Br)n1. The zero-order valence-electron chi connectivity index (χ0n) is 14.0. The second-order valence-corrected chi connectivity index (χ2v) is 7.77. The third kappa shape index (κ3) is 4.86. The summed E-state index contributed by atoms with van der Waals surface area (Å²) in [6.07, 6.45) is 2.00. The number of alkyl halides is 1. The van der Waals surface area contributed by atoms with Gasteiger partial charge in [0, 0.05) is 6.42 Å². The molecule has 1 fully saturated rings. The summed E-state index contributed by atoms with van der Waals surface area (Å²) in [6.45, 7) is 6.28. The van der Waals surface area contributed by atoms with Crippen molar-refractivity contribution >= 4 is 33.7 Å². The lowest BCUT2D eigenvalue weighted by Crippen LogP contribution is -2.45. The minimum atomic E-state index is -1.66. The lowest BCUT2D eigenvalue weighted by molar-refractivity contribution is -0.120. The second kappa shape index (κ2) is 6.62. The Labute approximate surface area is 148 Å². The van der Waals surface area contributed by atoms with Gasteiger partial charge >= 0.3 is 6.09 Å². The number of likely N-dealkylation sites (tertiary alicyclic amines) is 1. The van der Waals surface area contributed by atoms with Gasteiger partial charge in [0.15, 0.2) is 5.82 Å². The molecule has 9 heteroatoms. The number of hydrogen-bond acceptors (Lipinski definition) is 5. The number of carbonyl (C=O) groups is 2. The molecule has 2 heterocycles. The molecule has 7 nitrogen and oxygen atoms in total. The second-order valence-electron chi connectivity index (χ2n) is 6.96. The molecule has 0 bridgehead atoms. The smallest absolute Gasteiger partial charge is 0.411 e. The van der Waals surface area contributed by atoms with Crippen LogP contribution in [-0.2, 0) is 9.53 Å². The fourth-order valence-corrected chi connectivity index (χ4v) is 2.71. The van der Waals surface area contributed by atoms with E-state index in [1.54, 1.807) is 20.8 Å². The number of rotatable bonds is 2. The van der Waals surface area contributed by atoms with Crippen molar-refractivity contribution in [3.63, 3.8) is 0 Å². The molecule has 0 spiro atoms. The van der Waals surface area contributed by atoms with E-state index in [4.69, 9.17) is 4.74 Å². The maximum Gasteiger partial charge on any atom is 0.411 e. The first-order valence-corrected chi connectivity index (χ1v) is 8.23. The molecule has 0 aromatic carbocycles. The van der Waals surface area contributed by atoms with Gasteiger partial charge in [0.2, 0.25) is 5.91 Å². The van der Waals surface area contributed by atoms with E-state index in [0.717, 1.165) is 4.90 Å². The van der Waals surface area contributed by atoms with Crippen LogP contribution in [0.3, 0.4) is 0 Å². The molecule has 1 aliphatic heterocycles. The molecule has 1 aliphatic rings. The average Bonchev–Trinajstić information content (AvgIpc) is 2.73. The highest BCUT2D eigenvalue weighted by molar-refractivity contribution is 9.10. The lowest BCUT2D eigenvalue weighted by Gasteiger charge is -2.27. The highest BCUT2D eigenvalue weighted by atomic mass is 79.9. The number of nitrogens with one attached hydrogen (secondary N) is 1. The Balaban J connectivity index is 2.15. The fourth-order valence-electron chi connectivity index (χ4n) is 2.40. The molecule has 0 radical (unpaired) electrons. The maximum absolute atomic E-state index is 14.4. The molecule has 2 atom stereocenters. The molecule has 2 rings (SSSR count). The van der Waals surface area contributed by atoms with Gasteiger partial charge < -0.3 is 10.1 Å². The van der Waals surface area contributed by atoms with E-state index < -0.39 is 29.3 Å². The van der Waals surface area contributed by atoms with Crippen LogP contribution in [0.1, 0.15) is 34.1 Å². The van der Waals surface area contributed by atoms with Crippen LogP contribution in [0, 0.1) is 0 Å². The van der Waals surface area contributed by atoms with Crippen molar-refractivity contribution in [1.29, 1.82) is 0 Å². The number of aromatic nitrogens is 2. The summed E-state index contributed by atoms with van der Waals surface area (Å²) >= 11 is 3.15. The van der Waals surface area contributed by atoms with Gasteiger partial charge in [0.1, 0.15) is 21.9 Å². The lowest BCUT2D eigenvalue weighted by atomic mass is 10.0. The summed E-state index contributed by atoms with van der Waals surface area (Å²) in [5.41, 5.74) is -2.40. The number of anilines is 1. The zero-order valence-corrected chi connectivity index (χ0v) is 15.6. The van der Waals surface area contributed by atoms with Crippen molar-refractivity contribution in [3.05, 3.63) is 17.0 Å². The summed E-state index contributed by atoms with van der Waals surface area (Å²) in [5, 5.41) is 2.55. The van der Waals surface area contributed by atoms with Crippen molar-refractivity contribution < 1.29 is 18.7 Å². The van der Waals surface area contributed by atoms with Gasteiger partial charge in [-0.1, -0.05) is 0 Å². The molecule has 0 saturated carbocycles. The number of halogens is 2. The average molecular weight is 403 g/mol. The van der Waals surface area contributed by atoms with E-state index in [1.165, 1.54) is 19.3 Å². The fraction of sp³-hybridized carbons (Fsp3) is 0.600. The van der Waals surface area contributed by atoms with Gasteiger partial charge in [0.25, 0.3) is 0 Å². The Morgan fingerprint density at radius 1 is 1.46 bits per heavy atom. The monoisotopic (exact) mass is 402 g/mol. The van der Waals surface area contributed by atoms with Gasteiger partial charge in [-0.05, 0) is 43.6 Å². The first-order chi connectivity index (χ1) is 11.0. The molecule has 1 aromatic rings. The molecule has 0 unspecified atom stereocenters. The van der Waals surface area contributed by atoms with Gasteiger partial charge in [-0.25, -0.2) is 14.2 Å². The predicted molar refractivity (Wildman–Crippen MR) is 89.2 cm³/mol. The van der Waals surface area contributed by atoms with Gasteiger partial charge in [0.05, 0.1) is 18.9 Å². The van der Waals surface area contributed by atoms with Crippen LogP contribution < -0.4 is 5.32 Å². The third-order valence-corrected chi connectivity index (χ3v) is 3.66. The number of ether oxygens (including phenoxy) is 1. The van der Waals surface area contributed by atoms with Crippen molar-refractivity contribution in [3.8, 4) is 0 Å². The predicted octanol–water partition coefficient (Wildman–Crippen LogP) is 2.92. The quantitative estimate of drug-likeness (QED) is 0.821. The Bertz CT molecular complexity index is 648. The van der Waals surface area contributed by atoms with E-state index in [0.29, 0.717) is 4.60 Å². The number of hydrogen-bond donors (Lipinski definition) is 1. The summed E-state index contributed by atoms with van der Waals surface area (Å²) in [7, 11) is 0. The molecule has 1 aromatic heterocycles. The summed E-state index contributed by atoms with van der Waals surface area (Å²) in [5.74, 6) is -0.319. The molecular formula is C15H20BrFN4O3. The van der Waals surface area contributed by atoms with Crippen molar-refractivity contribution in [2.75, 3.05) is 11.9 Å². The van der Waals surface area contributed by atoms with Crippen LogP contribution in [0.2, 0.25) is 0 Å². The molecule has 0 aliphatic carbocycles. The molecule has 1 saturated heterocycles. The van der Waals surface area contributed by atoms with Gasteiger partial charge in [-0.3, -0.25) is 14.7 Å². The molecular weight excluding hydrogens is 383 g/mol. The van der Waals surface area contributed by atoms with E-state index in [2.05, 4.69) is 31.2 Å². The van der Waals surface area contributed by atoms with Crippen molar-refractivity contribution in [2.24, 2.45) is 0 Å². The number of amides is 2. The van der Waals surface area contributed by atoms with E-state index >= 15 is 0 Å². The number of nitrogens with zero attached hydrogens (tertiary/aromatic N) is 3. The molecule has 132 valence electrons. The van der Waals surface area contributed by atoms with Crippen LogP contribution in [0.15, 0.2) is 17.0 Å². The molecule has 24 heavy (non-hydrogen) atoms. The van der Waals surface area contributed by atoms with Crippen LogP contribution in [0.4, 0.5) is 15.0 Å². The summed E-state index contributed by atoms with van der Waals surface area (Å²) in [4.78, 5) is 33.8. The summed E-state index contributed by atoms with van der Waals surface area (Å²) in [6, 6.07) is -0.976. The standard InChI is InChI=1S/C15H20BrFN4O3/c1-14(2,3)24-13(23)21-8-15(4,17)5-9(21)12(22)20-11-7-18-6-10(16)19-11/h6-7,9H,5,8H2,1-4H3,(H,19,20,22)/t9-,15+/m0/s1.